The predicted octanol–water partition coefficient (Wildman–Crippen LogP) is 3.28. The van der Waals surface area contributed by atoms with Crippen molar-refractivity contribution in [2.24, 2.45) is 0 Å². The maximum Gasteiger partial charge on any atom is 0.230 e. The molecular weight excluding hydrogens is 292 g/mol. The molecule has 5 heteroatoms. The molecule has 0 radical (unpaired) electrons. The summed E-state index contributed by atoms with van der Waals surface area (Å²) < 4.78 is 0. The molecule has 1 N–H and O–H groups in total. The number of rotatable bonds is 6. The third-order valence-electron chi connectivity index (χ3n) is 2.63. The van der Waals surface area contributed by atoms with Crippen LogP contribution in [0.4, 0.5) is 0 Å². The Hall–Kier alpha value is -1.52. The lowest BCUT2D eigenvalue weighted by atomic mass is 10.2. The van der Waals surface area contributed by atoms with Crippen LogP contribution in [0.15, 0.2) is 48.8 Å². The van der Waals surface area contributed by atoms with E-state index in [0.717, 1.165) is 16.3 Å². The molecule has 1 aromatic carbocycles. The minimum atomic E-state index is 0.0350. The van der Waals surface area contributed by atoms with Crippen molar-refractivity contribution >= 4 is 29.3 Å². The summed E-state index contributed by atoms with van der Waals surface area (Å²) in [6.45, 7) is 0.522. The lowest BCUT2D eigenvalue weighted by Gasteiger charge is -2.05. The third kappa shape index (κ3) is 5.23. The molecule has 1 aromatic heterocycles. The van der Waals surface area contributed by atoms with Crippen LogP contribution in [-0.2, 0) is 17.1 Å². The highest BCUT2D eigenvalue weighted by Crippen LogP contribution is 2.15. The fourth-order valence-corrected chi connectivity index (χ4v) is 2.54. The topological polar surface area (TPSA) is 42.0 Å². The maximum absolute atomic E-state index is 11.7. The number of nitrogens with one attached hydrogen (secondary N) is 1. The molecular formula is C15H15ClN2OS. The van der Waals surface area contributed by atoms with Crippen LogP contribution in [0.5, 0.6) is 0 Å². The number of halogens is 1. The Morgan fingerprint density at radius 1 is 1.20 bits per heavy atom. The number of pyridine rings is 1. The van der Waals surface area contributed by atoms with Gasteiger partial charge in [0.1, 0.15) is 0 Å². The molecule has 1 heterocycles. The monoisotopic (exact) mass is 306 g/mol. The van der Waals surface area contributed by atoms with E-state index in [-0.39, 0.29) is 5.91 Å². The van der Waals surface area contributed by atoms with E-state index in [1.54, 1.807) is 24.2 Å². The van der Waals surface area contributed by atoms with Gasteiger partial charge in [0, 0.05) is 29.7 Å². The van der Waals surface area contributed by atoms with Gasteiger partial charge in [0.15, 0.2) is 0 Å². The summed E-state index contributed by atoms with van der Waals surface area (Å²) in [4.78, 5) is 15.7. The first-order valence-electron chi connectivity index (χ1n) is 6.22. The fraction of sp³-hybridized carbons (Fsp3) is 0.200. The number of benzene rings is 1. The molecule has 0 saturated carbocycles. The van der Waals surface area contributed by atoms with Crippen LogP contribution in [0.25, 0.3) is 0 Å². The van der Waals surface area contributed by atoms with Gasteiger partial charge in [0.25, 0.3) is 0 Å². The standard InChI is InChI=1S/C15H15ClN2OS/c16-14-5-3-12(4-6-14)10-20-11-15(19)18-9-13-2-1-7-17-8-13/h1-8H,9-11H2,(H,18,19). The highest BCUT2D eigenvalue weighted by Gasteiger charge is 2.02. The number of aromatic nitrogens is 1. The van der Waals surface area contributed by atoms with Gasteiger partial charge in [0.05, 0.1) is 5.75 Å². The number of carbonyl (C=O) groups excluding carboxylic acids is 1. The maximum atomic E-state index is 11.7. The van der Waals surface area contributed by atoms with Crippen molar-refractivity contribution < 1.29 is 4.79 Å². The van der Waals surface area contributed by atoms with Crippen LogP contribution in [0.1, 0.15) is 11.1 Å². The van der Waals surface area contributed by atoms with Gasteiger partial charge >= 0.3 is 0 Å². The largest absolute Gasteiger partial charge is 0.351 e. The Kier molecular flexibility index (Phi) is 5.89. The molecule has 0 aliphatic heterocycles. The van der Waals surface area contributed by atoms with E-state index in [4.69, 9.17) is 11.6 Å². The Labute approximate surface area is 127 Å². The van der Waals surface area contributed by atoms with Gasteiger partial charge in [-0.05, 0) is 29.3 Å². The van der Waals surface area contributed by atoms with E-state index < -0.39 is 0 Å². The second-order valence-electron chi connectivity index (χ2n) is 4.26. The van der Waals surface area contributed by atoms with Crippen LogP contribution in [-0.4, -0.2) is 16.6 Å². The minimum Gasteiger partial charge on any atom is -0.351 e. The second-order valence-corrected chi connectivity index (χ2v) is 5.68. The quantitative estimate of drug-likeness (QED) is 0.890. The molecule has 0 fully saturated rings. The van der Waals surface area contributed by atoms with E-state index in [9.17, 15) is 4.79 Å². The summed E-state index contributed by atoms with van der Waals surface area (Å²) in [6.07, 6.45) is 3.47. The molecule has 3 nitrogen and oxygen atoms in total. The van der Waals surface area contributed by atoms with Gasteiger partial charge < -0.3 is 5.32 Å². The molecule has 0 spiro atoms. The Balaban J connectivity index is 1.66. The molecule has 104 valence electrons. The first-order valence-corrected chi connectivity index (χ1v) is 7.75. The van der Waals surface area contributed by atoms with Gasteiger partial charge in [-0.3, -0.25) is 9.78 Å². The number of amides is 1. The molecule has 0 bridgehead atoms. The summed E-state index contributed by atoms with van der Waals surface area (Å²) in [6, 6.07) is 11.5. The third-order valence-corrected chi connectivity index (χ3v) is 3.88. The van der Waals surface area contributed by atoms with Crippen molar-refractivity contribution in [2.45, 2.75) is 12.3 Å². The minimum absolute atomic E-state index is 0.0350. The highest BCUT2D eigenvalue weighted by atomic mass is 35.5. The Morgan fingerprint density at radius 2 is 2.00 bits per heavy atom. The molecule has 2 aromatic rings. The highest BCUT2D eigenvalue weighted by molar-refractivity contribution is 7.99. The van der Waals surface area contributed by atoms with Gasteiger partial charge in [-0.1, -0.05) is 29.8 Å². The summed E-state index contributed by atoms with van der Waals surface area (Å²) in [5.74, 6) is 1.29. The number of hydrogen-bond acceptors (Lipinski definition) is 3. The fourth-order valence-electron chi connectivity index (χ4n) is 1.60. The normalized spacial score (nSPS) is 10.2. The average Bonchev–Trinajstić information content (AvgIpc) is 2.48. The molecule has 0 aliphatic rings. The Morgan fingerprint density at radius 3 is 2.70 bits per heavy atom. The molecule has 0 atom stereocenters. The van der Waals surface area contributed by atoms with E-state index in [1.807, 2.05) is 36.4 Å². The summed E-state index contributed by atoms with van der Waals surface area (Å²) >= 11 is 7.40. The molecule has 0 saturated heterocycles. The first-order chi connectivity index (χ1) is 9.74. The van der Waals surface area contributed by atoms with Crippen LogP contribution >= 0.6 is 23.4 Å². The average molecular weight is 307 g/mol. The molecule has 0 unspecified atom stereocenters. The van der Waals surface area contributed by atoms with Crippen molar-refractivity contribution in [3.8, 4) is 0 Å². The summed E-state index contributed by atoms with van der Waals surface area (Å²) in [7, 11) is 0. The van der Waals surface area contributed by atoms with Crippen LogP contribution < -0.4 is 5.32 Å². The van der Waals surface area contributed by atoms with Crippen LogP contribution in [0.3, 0.4) is 0 Å². The van der Waals surface area contributed by atoms with Crippen molar-refractivity contribution in [3.05, 3.63) is 64.9 Å². The molecule has 2 rings (SSSR count). The van der Waals surface area contributed by atoms with Crippen molar-refractivity contribution in [2.75, 3.05) is 5.75 Å². The van der Waals surface area contributed by atoms with Crippen LogP contribution in [0.2, 0.25) is 5.02 Å². The molecule has 0 aliphatic carbocycles. The van der Waals surface area contributed by atoms with Gasteiger partial charge in [-0.25, -0.2) is 0 Å². The second kappa shape index (κ2) is 7.92. The number of thioether (sulfide) groups is 1. The van der Waals surface area contributed by atoms with Crippen molar-refractivity contribution in [3.63, 3.8) is 0 Å². The predicted molar refractivity (Wildman–Crippen MR) is 83.7 cm³/mol. The zero-order chi connectivity index (χ0) is 14.2. The lowest BCUT2D eigenvalue weighted by Crippen LogP contribution is -2.24. The lowest BCUT2D eigenvalue weighted by molar-refractivity contribution is -0.118. The van der Waals surface area contributed by atoms with Gasteiger partial charge in [0.2, 0.25) is 5.91 Å². The summed E-state index contributed by atoms with van der Waals surface area (Å²) in [5, 5.41) is 3.60. The summed E-state index contributed by atoms with van der Waals surface area (Å²) in [5.41, 5.74) is 2.17. The van der Waals surface area contributed by atoms with Gasteiger partial charge in [-0.2, -0.15) is 0 Å². The number of nitrogens with zero attached hydrogens (tertiary/aromatic N) is 1. The van der Waals surface area contributed by atoms with E-state index in [0.29, 0.717) is 12.3 Å². The van der Waals surface area contributed by atoms with E-state index in [1.165, 1.54) is 5.56 Å². The van der Waals surface area contributed by atoms with E-state index >= 15 is 0 Å². The zero-order valence-corrected chi connectivity index (χ0v) is 12.5. The van der Waals surface area contributed by atoms with E-state index in [2.05, 4.69) is 10.3 Å². The number of carbonyl (C=O) groups is 1. The Bertz CT molecular complexity index is 546. The van der Waals surface area contributed by atoms with Crippen LogP contribution in [0, 0.1) is 0 Å². The smallest absolute Gasteiger partial charge is 0.230 e. The zero-order valence-electron chi connectivity index (χ0n) is 10.9. The molecule has 1 amide bonds. The molecule has 20 heavy (non-hydrogen) atoms. The van der Waals surface area contributed by atoms with Crippen molar-refractivity contribution in [1.82, 2.24) is 10.3 Å². The first kappa shape index (κ1) is 14.9. The number of hydrogen-bond donors (Lipinski definition) is 1. The van der Waals surface area contributed by atoms with Gasteiger partial charge in [-0.15, -0.1) is 11.8 Å². The van der Waals surface area contributed by atoms with Crippen molar-refractivity contribution in [1.29, 1.82) is 0 Å². The SMILES string of the molecule is O=C(CSCc1ccc(Cl)cc1)NCc1cccnc1.